The van der Waals surface area contributed by atoms with E-state index in [0.29, 0.717) is 11.3 Å². The number of piperazine rings is 1. The molecule has 7 rings (SSSR count). The maximum Gasteiger partial charge on any atom is 0.303 e. The number of benzene rings is 3. The van der Waals surface area contributed by atoms with Crippen LogP contribution >= 0.6 is 0 Å². The van der Waals surface area contributed by atoms with Crippen LogP contribution in [0.25, 0.3) is 28.2 Å². The number of carbonyl (C=O) groups excluding carboxylic acids is 2. The van der Waals surface area contributed by atoms with Crippen molar-refractivity contribution in [1.82, 2.24) is 22.8 Å². The molecule has 1 aliphatic carbocycles. The zero-order chi connectivity index (χ0) is 36.8. The Labute approximate surface area is 304 Å². The van der Waals surface area contributed by atoms with Gasteiger partial charge in [-0.3, -0.25) is 9.59 Å². The first-order chi connectivity index (χ1) is 24.9. The minimum Gasteiger partial charge on any atom is -0.497 e. The Morgan fingerprint density at radius 3 is 2.23 bits per heavy atom. The van der Waals surface area contributed by atoms with E-state index in [1.165, 1.54) is 49.6 Å². The molecule has 2 aliphatic heterocycles. The highest BCUT2D eigenvalue weighted by Crippen LogP contribution is 2.46. The Bertz CT molecular complexity index is 2280. The second kappa shape index (κ2) is 14.1. The molecule has 4 aromatic rings. The number of hydrogen-bond acceptors (Lipinski definition) is 7. The van der Waals surface area contributed by atoms with E-state index in [2.05, 4.69) is 15.4 Å². The van der Waals surface area contributed by atoms with Gasteiger partial charge in [0.2, 0.25) is 10.0 Å². The van der Waals surface area contributed by atoms with E-state index in [9.17, 15) is 26.4 Å². The van der Waals surface area contributed by atoms with E-state index in [-0.39, 0.29) is 55.0 Å². The third-order valence-electron chi connectivity index (χ3n) is 10.5. The van der Waals surface area contributed by atoms with Gasteiger partial charge in [-0.05, 0) is 72.4 Å². The lowest BCUT2D eigenvalue weighted by molar-refractivity contribution is -0.128. The maximum absolute atomic E-state index is 14.4. The first kappa shape index (κ1) is 35.9. The Morgan fingerprint density at radius 1 is 0.865 bits per heavy atom. The third kappa shape index (κ3) is 6.64. The molecule has 52 heavy (non-hydrogen) atoms. The topological polar surface area (TPSA) is 138 Å². The fourth-order valence-corrected chi connectivity index (χ4v) is 9.60. The Hall–Kier alpha value is -4.50. The number of nitrogens with one attached hydrogen (secondary N) is 1. The van der Waals surface area contributed by atoms with Crippen LogP contribution in [0.1, 0.15) is 59.5 Å². The van der Waals surface area contributed by atoms with Crippen molar-refractivity contribution in [3.05, 3.63) is 89.0 Å². The van der Waals surface area contributed by atoms with Gasteiger partial charge in [0.1, 0.15) is 5.75 Å². The predicted octanol–water partition coefficient (Wildman–Crippen LogP) is 4.83. The number of methoxy groups -OCH3 is 1. The smallest absolute Gasteiger partial charge is 0.303 e. The molecule has 0 bridgehead atoms. The molecule has 1 N–H and O–H groups in total. The van der Waals surface area contributed by atoms with E-state index >= 15 is 0 Å². The van der Waals surface area contributed by atoms with Crippen molar-refractivity contribution < 1.29 is 31.2 Å². The molecular weight excluding hydrogens is 703 g/mol. The van der Waals surface area contributed by atoms with Gasteiger partial charge >= 0.3 is 10.2 Å². The summed E-state index contributed by atoms with van der Waals surface area (Å²) < 4.78 is 63.7. The summed E-state index contributed by atoms with van der Waals surface area (Å²) in [4.78, 5) is 29.6. The fraction of sp³-hybridized carbons (Fsp3) is 0.368. The van der Waals surface area contributed by atoms with Crippen LogP contribution in [0.2, 0.25) is 0 Å². The molecule has 1 saturated heterocycles. The molecule has 2 amide bonds. The minimum atomic E-state index is -4.02. The van der Waals surface area contributed by atoms with Crippen LogP contribution < -0.4 is 9.46 Å². The largest absolute Gasteiger partial charge is 0.497 e. The highest BCUT2D eigenvalue weighted by atomic mass is 32.2. The number of nitrogens with zero attached hydrogens (tertiary/aromatic N) is 4. The van der Waals surface area contributed by atoms with E-state index in [1.54, 1.807) is 29.2 Å². The normalized spacial score (nSPS) is 17.3. The summed E-state index contributed by atoms with van der Waals surface area (Å²) in [5.41, 5.74) is 5.56. The summed E-state index contributed by atoms with van der Waals surface area (Å²) in [7, 11) is -3.55. The van der Waals surface area contributed by atoms with Crippen molar-refractivity contribution in [2.75, 3.05) is 47.4 Å². The quantitative estimate of drug-likeness (QED) is 0.273. The van der Waals surface area contributed by atoms with Crippen LogP contribution in [0.3, 0.4) is 0 Å². The van der Waals surface area contributed by atoms with E-state index in [1.807, 2.05) is 30.3 Å². The van der Waals surface area contributed by atoms with Gasteiger partial charge < -0.3 is 14.2 Å². The van der Waals surface area contributed by atoms with Gasteiger partial charge in [-0.1, -0.05) is 49.6 Å². The maximum atomic E-state index is 14.4. The zero-order valence-corrected chi connectivity index (χ0v) is 31.2. The average molecular weight is 746 g/mol. The molecule has 0 atom stereocenters. The number of fused-ring (bicyclic) bond motifs is 5. The SMILES string of the molecule is COc1ccc(S(=O)(=O)N2CCN(C(=O)C3=Cc4ccccc4-c4c(C5CCCCC5)c5ccc(C(=O)NS(=O)(=O)N(C)C)cc5n4C3)CC2)cc1. The minimum absolute atomic E-state index is 0.155. The molecule has 0 spiro atoms. The number of hydrogen-bond donors (Lipinski definition) is 1. The lowest BCUT2D eigenvalue weighted by atomic mass is 9.81. The zero-order valence-electron chi connectivity index (χ0n) is 29.5. The lowest BCUT2D eigenvalue weighted by Gasteiger charge is -2.34. The second-order valence-electron chi connectivity index (χ2n) is 13.8. The molecule has 274 valence electrons. The van der Waals surface area contributed by atoms with Crippen LogP contribution in [0, 0.1) is 0 Å². The van der Waals surface area contributed by atoms with Gasteiger partial charge in [-0.2, -0.15) is 17.0 Å². The van der Waals surface area contributed by atoms with Gasteiger partial charge in [0.25, 0.3) is 11.8 Å². The van der Waals surface area contributed by atoms with E-state index in [4.69, 9.17) is 4.74 Å². The highest BCUT2D eigenvalue weighted by molar-refractivity contribution is 7.89. The van der Waals surface area contributed by atoms with Gasteiger partial charge in [-0.15, -0.1) is 0 Å². The fourth-order valence-electron chi connectivity index (χ4n) is 7.65. The monoisotopic (exact) mass is 745 g/mol. The summed E-state index contributed by atoms with van der Waals surface area (Å²) in [5, 5.41) is 0.981. The predicted molar refractivity (Wildman–Crippen MR) is 200 cm³/mol. The Balaban J connectivity index is 1.25. The highest BCUT2D eigenvalue weighted by Gasteiger charge is 2.34. The van der Waals surface area contributed by atoms with Gasteiger partial charge in [0.15, 0.2) is 0 Å². The first-order valence-corrected chi connectivity index (χ1v) is 20.4. The van der Waals surface area contributed by atoms with Crippen LogP contribution in [-0.4, -0.2) is 94.1 Å². The van der Waals surface area contributed by atoms with Crippen molar-refractivity contribution >= 4 is 49.0 Å². The summed E-state index contributed by atoms with van der Waals surface area (Å²) in [6.07, 6.45) is 7.40. The molecular formula is C38H43N5O7S2. The molecule has 12 nitrogen and oxygen atoms in total. The number of rotatable bonds is 8. The van der Waals surface area contributed by atoms with Crippen molar-refractivity contribution in [2.24, 2.45) is 0 Å². The number of amides is 2. The molecule has 3 heterocycles. The van der Waals surface area contributed by atoms with Crippen molar-refractivity contribution in [3.8, 4) is 17.0 Å². The average Bonchev–Trinajstić information content (AvgIpc) is 3.36. The molecule has 0 radical (unpaired) electrons. The van der Waals surface area contributed by atoms with Gasteiger partial charge in [0.05, 0.1) is 24.2 Å². The third-order valence-corrected chi connectivity index (χ3v) is 13.8. The molecule has 1 aromatic heterocycles. The Morgan fingerprint density at radius 2 is 1.56 bits per heavy atom. The molecule has 3 aromatic carbocycles. The van der Waals surface area contributed by atoms with Gasteiger partial charge in [0, 0.05) is 67.9 Å². The summed E-state index contributed by atoms with van der Waals surface area (Å²) >= 11 is 0. The standard InChI is InChI=1S/C38H43N5O7S2/c1-40(2)52(48,49)39-37(44)28-13-18-33-34(24-28)43-25-29(23-27-11-7-8-12-32(27)36(43)35(33)26-9-5-4-6-10-26)38(45)41-19-21-42(22-20-41)51(46,47)31-16-14-30(50-3)15-17-31/h7-8,11-18,23-24,26H,4-6,9-10,19-22,25H2,1-3H3,(H,39,44). The second-order valence-corrected chi connectivity index (χ2v) is 17.6. The van der Waals surface area contributed by atoms with Crippen LogP contribution in [-0.2, 0) is 31.6 Å². The number of carbonyl (C=O) groups is 2. The van der Waals surface area contributed by atoms with Crippen molar-refractivity contribution in [2.45, 2.75) is 49.5 Å². The number of aromatic nitrogens is 1. The molecule has 3 aliphatic rings. The summed E-state index contributed by atoms with van der Waals surface area (Å²) in [6.45, 7) is 0.982. The van der Waals surface area contributed by atoms with Crippen molar-refractivity contribution in [1.29, 1.82) is 0 Å². The lowest BCUT2D eigenvalue weighted by Crippen LogP contribution is -2.51. The number of sulfonamides is 1. The van der Waals surface area contributed by atoms with Crippen LogP contribution in [0.15, 0.2) is 77.2 Å². The summed E-state index contributed by atoms with van der Waals surface area (Å²) in [6, 6.07) is 19.6. The molecule has 2 fully saturated rings. The summed E-state index contributed by atoms with van der Waals surface area (Å²) in [5.74, 6) is -0.0777. The molecule has 0 unspecified atom stereocenters. The Kier molecular flexibility index (Phi) is 9.76. The molecule has 14 heteroatoms. The number of ether oxygens (including phenoxy) is 1. The van der Waals surface area contributed by atoms with Crippen LogP contribution in [0.4, 0.5) is 0 Å². The van der Waals surface area contributed by atoms with E-state index in [0.717, 1.165) is 57.7 Å². The van der Waals surface area contributed by atoms with Crippen LogP contribution in [0.5, 0.6) is 5.75 Å². The van der Waals surface area contributed by atoms with Crippen molar-refractivity contribution in [3.63, 3.8) is 0 Å². The van der Waals surface area contributed by atoms with E-state index < -0.39 is 26.1 Å². The van der Waals surface area contributed by atoms with Gasteiger partial charge in [-0.25, -0.2) is 13.1 Å². The first-order valence-electron chi connectivity index (χ1n) is 17.5. The molecule has 1 saturated carbocycles.